The van der Waals surface area contributed by atoms with Gasteiger partial charge in [0.2, 0.25) is 5.91 Å². The second-order valence-corrected chi connectivity index (χ2v) is 7.64. The van der Waals surface area contributed by atoms with Crippen molar-refractivity contribution in [3.05, 3.63) is 56.6 Å². The molecule has 6 heteroatoms. The molecular formula is C18H16Cl2N2OS. The summed E-state index contributed by atoms with van der Waals surface area (Å²) in [5, 5.41) is 4.47. The van der Waals surface area contributed by atoms with Crippen molar-refractivity contribution < 1.29 is 4.79 Å². The maximum atomic E-state index is 12.4. The zero-order chi connectivity index (χ0) is 17.4. The quantitative estimate of drug-likeness (QED) is 0.633. The summed E-state index contributed by atoms with van der Waals surface area (Å²) in [5.41, 5.74) is 5.11. The number of anilines is 1. The summed E-state index contributed by atoms with van der Waals surface area (Å²) in [4.78, 5) is 16.8. The van der Waals surface area contributed by atoms with Crippen LogP contribution in [0, 0.1) is 20.8 Å². The van der Waals surface area contributed by atoms with Crippen LogP contribution in [0.2, 0.25) is 10.0 Å². The smallest absolute Gasteiger partial charge is 0.230 e. The molecule has 0 saturated heterocycles. The van der Waals surface area contributed by atoms with E-state index < -0.39 is 0 Å². The van der Waals surface area contributed by atoms with E-state index in [-0.39, 0.29) is 5.91 Å². The Bertz CT molecular complexity index is 888. The molecule has 0 aliphatic heterocycles. The number of nitrogens with zero attached hydrogens (tertiary/aromatic N) is 1. The fraction of sp³-hybridized carbons (Fsp3) is 0.222. The molecule has 0 radical (unpaired) electrons. The fourth-order valence-electron chi connectivity index (χ4n) is 2.81. The van der Waals surface area contributed by atoms with Crippen molar-refractivity contribution in [2.24, 2.45) is 0 Å². The molecule has 0 fully saturated rings. The van der Waals surface area contributed by atoms with Gasteiger partial charge in [0.05, 0.1) is 21.2 Å². The van der Waals surface area contributed by atoms with Crippen molar-refractivity contribution in [2.75, 3.05) is 5.32 Å². The van der Waals surface area contributed by atoms with Crippen molar-refractivity contribution in [1.29, 1.82) is 0 Å². The largest absolute Gasteiger partial charge is 0.302 e. The monoisotopic (exact) mass is 378 g/mol. The molecule has 1 heterocycles. The third-order valence-electron chi connectivity index (χ3n) is 3.87. The van der Waals surface area contributed by atoms with Crippen LogP contribution in [0.1, 0.15) is 22.3 Å². The summed E-state index contributed by atoms with van der Waals surface area (Å²) in [5.74, 6) is -0.101. The molecule has 0 unspecified atom stereocenters. The Labute approximate surface area is 154 Å². The normalized spacial score (nSPS) is 11.0. The van der Waals surface area contributed by atoms with E-state index >= 15 is 0 Å². The van der Waals surface area contributed by atoms with Crippen molar-refractivity contribution in [2.45, 2.75) is 27.2 Å². The van der Waals surface area contributed by atoms with Crippen molar-refractivity contribution in [1.82, 2.24) is 4.98 Å². The molecule has 1 aromatic heterocycles. The Hall–Kier alpha value is -1.62. The molecule has 0 saturated carbocycles. The van der Waals surface area contributed by atoms with Crippen LogP contribution in [0.4, 0.5) is 5.13 Å². The lowest BCUT2D eigenvalue weighted by molar-refractivity contribution is -0.115. The lowest BCUT2D eigenvalue weighted by Crippen LogP contribution is -2.15. The number of nitrogens with one attached hydrogen (secondary N) is 1. The summed E-state index contributed by atoms with van der Waals surface area (Å²) in [7, 11) is 0. The number of rotatable bonds is 3. The van der Waals surface area contributed by atoms with Gasteiger partial charge in [-0.3, -0.25) is 4.79 Å². The van der Waals surface area contributed by atoms with E-state index in [0.717, 1.165) is 21.4 Å². The molecule has 0 aliphatic carbocycles. The van der Waals surface area contributed by atoms with Crippen molar-refractivity contribution >= 4 is 55.8 Å². The van der Waals surface area contributed by atoms with Gasteiger partial charge in [-0.15, -0.1) is 0 Å². The molecule has 1 amide bonds. The second-order valence-electron chi connectivity index (χ2n) is 5.83. The van der Waals surface area contributed by atoms with E-state index in [4.69, 9.17) is 23.2 Å². The lowest BCUT2D eigenvalue weighted by atomic mass is 9.97. The number of hydrogen-bond donors (Lipinski definition) is 1. The Morgan fingerprint density at radius 1 is 1.12 bits per heavy atom. The molecule has 1 N–H and O–H groups in total. The van der Waals surface area contributed by atoms with Crippen molar-refractivity contribution in [3.8, 4) is 0 Å². The summed E-state index contributed by atoms with van der Waals surface area (Å²) in [6, 6.07) is 7.62. The average molecular weight is 379 g/mol. The second kappa shape index (κ2) is 6.71. The van der Waals surface area contributed by atoms with E-state index in [1.54, 1.807) is 12.1 Å². The Kier molecular flexibility index (Phi) is 4.81. The third kappa shape index (κ3) is 3.41. The van der Waals surface area contributed by atoms with E-state index in [1.165, 1.54) is 16.9 Å². The van der Waals surface area contributed by atoms with Gasteiger partial charge in [-0.25, -0.2) is 4.98 Å². The molecule has 3 nitrogen and oxygen atoms in total. The molecule has 0 spiro atoms. The minimum Gasteiger partial charge on any atom is -0.302 e. The van der Waals surface area contributed by atoms with Gasteiger partial charge in [0.1, 0.15) is 5.52 Å². The first-order chi connectivity index (χ1) is 11.3. The first kappa shape index (κ1) is 17.2. The van der Waals surface area contributed by atoms with Gasteiger partial charge in [-0.05, 0) is 49.6 Å². The molecule has 3 aromatic rings. The highest BCUT2D eigenvalue weighted by Gasteiger charge is 2.14. The van der Waals surface area contributed by atoms with E-state index in [9.17, 15) is 4.79 Å². The van der Waals surface area contributed by atoms with Crippen LogP contribution in [0.25, 0.3) is 10.2 Å². The number of amides is 1. The number of carbonyl (C=O) groups excluding carboxylic acids is 1. The molecule has 2 aromatic carbocycles. The molecular weight excluding hydrogens is 363 g/mol. The van der Waals surface area contributed by atoms with E-state index in [0.29, 0.717) is 27.1 Å². The molecule has 24 heavy (non-hydrogen) atoms. The topological polar surface area (TPSA) is 42.0 Å². The fourth-order valence-corrected chi connectivity index (χ4v) is 4.25. The van der Waals surface area contributed by atoms with Gasteiger partial charge in [-0.1, -0.05) is 52.2 Å². The predicted molar refractivity (Wildman–Crippen MR) is 103 cm³/mol. The molecule has 3 rings (SSSR count). The molecule has 0 atom stereocenters. The number of aromatic nitrogens is 1. The Balaban J connectivity index is 1.83. The molecule has 0 aliphatic rings. The average Bonchev–Trinajstić information content (AvgIpc) is 2.92. The van der Waals surface area contributed by atoms with Crippen LogP contribution in [0.15, 0.2) is 24.3 Å². The number of halogens is 2. The van der Waals surface area contributed by atoms with Crippen LogP contribution in [0.5, 0.6) is 0 Å². The van der Waals surface area contributed by atoms with Gasteiger partial charge in [0, 0.05) is 0 Å². The minimum atomic E-state index is -0.101. The number of aryl methyl sites for hydroxylation is 3. The summed E-state index contributed by atoms with van der Waals surface area (Å²) in [6.45, 7) is 6.11. The first-order valence-corrected chi connectivity index (χ1v) is 9.03. The van der Waals surface area contributed by atoms with Crippen LogP contribution in [-0.4, -0.2) is 10.9 Å². The van der Waals surface area contributed by atoms with Gasteiger partial charge in [0.15, 0.2) is 5.13 Å². The highest BCUT2D eigenvalue weighted by molar-refractivity contribution is 7.23. The zero-order valence-electron chi connectivity index (χ0n) is 13.5. The zero-order valence-corrected chi connectivity index (χ0v) is 15.9. The maximum absolute atomic E-state index is 12.4. The summed E-state index contributed by atoms with van der Waals surface area (Å²) >= 11 is 13.6. The highest BCUT2D eigenvalue weighted by Crippen LogP contribution is 2.36. The molecule has 124 valence electrons. The van der Waals surface area contributed by atoms with Crippen LogP contribution in [-0.2, 0) is 11.2 Å². The number of carbonyl (C=O) groups is 1. The maximum Gasteiger partial charge on any atom is 0.230 e. The van der Waals surface area contributed by atoms with Crippen LogP contribution >= 0.6 is 34.5 Å². The summed E-state index contributed by atoms with van der Waals surface area (Å²) in [6.07, 6.45) is 0.315. The number of hydrogen-bond acceptors (Lipinski definition) is 3. The van der Waals surface area contributed by atoms with Crippen molar-refractivity contribution in [3.63, 3.8) is 0 Å². The van der Waals surface area contributed by atoms with Gasteiger partial charge in [-0.2, -0.15) is 0 Å². The Morgan fingerprint density at radius 3 is 2.38 bits per heavy atom. The standard InChI is InChI=1S/C18H16Cl2N2OS/c1-9-6-10(2)12(11(3)7-9)8-15(23)21-18-22-16-13(19)4-5-14(20)17(16)24-18/h4-7H,8H2,1-3H3,(H,21,22,23). The number of fused-ring (bicyclic) bond motifs is 1. The van der Waals surface area contributed by atoms with Gasteiger partial charge < -0.3 is 5.32 Å². The lowest BCUT2D eigenvalue weighted by Gasteiger charge is -2.10. The Morgan fingerprint density at radius 2 is 1.75 bits per heavy atom. The summed E-state index contributed by atoms with van der Waals surface area (Å²) < 4.78 is 0.780. The van der Waals surface area contributed by atoms with Crippen LogP contribution < -0.4 is 5.32 Å². The van der Waals surface area contributed by atoms with E-state index in [1.807, 2.05) is 13.8 Å². The van der Waals surface area contributed by atoms with E-state index in [2.05, 4.69) is 29.4 Å². The predicted octanol–water partition coefficient (Wildman–Crippen LogP) is 5.71. The number of benzene rings is 2. The minimum absolute atomic E-state index is 0.101. The van der Waals surface area contributed by atoms with Crippen LogP contribution in [0.3, 0.4) is 0 Å². The SMILES string of the molecule is Cc1cc(C)c(CC(=O)Nc2nc3c(Cl)ccc(Cl)c3s2)c(C)c1. The molecule has 0 bridgehead atoms. The van der Waals surface area contributed by atoms with Gasteiger partial charge >= 0.3 is 0 Å². The third-order valence-corrected chi connectivity index (χ3v) is 5.61. The van der Waals surface area contributed by atoms with Gasteiger partial charge in [0.25, 0.3) is 0 Å². The first-order valence-electron chi connectivity index (χ1n) is 7.46. The highest BCUT2D eigenvalue weighted by atomic mass is 35.5. The number of thiazole rings is 1.